The zero-order chi connectivity index (χ0) is 28.7. The number of methoxy groups -OCH3 is 1. The molecule has 10 nitrogen and oxygen atoms in total. The van der Waals surface area contributed by atoms with E-state index in [1.807, 2.05) is 36.5 Å². The monoisotopic (exact) mass is 558 g/mol. The molecule has 7 rings (SSSR count). The molecule has 2 bridgehead atoms. The van der Waals surface area contributed by atoms with Crippen LogP contribution in [-0.4, -0.2) is 72.3 Å². The van der Waals surface area contributed by atoms with Crippen LogP contribution in [0.25, 0.3) is 28.0 Å². The van der Waals surface area contributed by atoms with Crippen LogP contribution in [0, 0.1) is 5.92 Å². The Kier molecular flexibility index (Phi) is 7.65. The van der Waals surface area contributed by atoms with Gasteiger partial charge in [0.05, 0.1) is 37.9 Å². The fraction of sp³-hybridized carbons (Fsp3) is 0.452. The summed E-state index contributed by atoms with van der Waals surface area (Å²) >= 11 is 0. The van der Waals surface area contributed by atoms with E-state index in [4.69, 9.17) is 20.4 Å². The number of hydrogen-bond acceptors (Lipinski definition) is 9. The zero-order valence-corrected chi connectivity index (χ0v) is 23.6. The van der Waals surface area contributed by atoms with E-state index in [1.165, 1.54) is 0 Å². The van der Waals surface area contributed by atoms with Crippen molar-refractivity contribution < 1.29 is 20.1 Å². The van der Waals surface area contributed by atoms with Crippen LogP contribution in [0.3, 0.4) is 0 Å². The molecule has 2 aliphatic heterocycles. The molecule has 3 fully saturated rings. The zero-order valence-electron chi connectivity index (χ0n) is 23.6. The Balaban J connectivity index is 1.37. The lowest BCUT2D eigenvalue weighted by molar-refractivity contribution is -0.0795. The summed E-state index contributed by atoms with van der Waals surface area (Å²) in [5.41, 5.74) is 13.7. The molecular weight excluding hydrogens is 520 g/mol. The van der Waals surface area contributed by atoms with Gasteiger partial charge in [0.1, 0.15) is 17.8 Å². The maximum absolute atomic E-state index is 10.5. The molecule has 10 heteroatoms. The van der Waals surface area contributed by atoms with Crippen LogP contribution in [0.1, 0.15) is 55.3 Å². The molecule has 4 aromatic rings. The number of aliphatic hydroxyl groups is 3. The van der Waals surface area contributed by atoms with Crippen molar-refractivity contribution in [2.24, 2.45) is 5.92 Å². The number of nitrogens with two attached hydrogens (primary N) is 1. The summed E-state index contributed by atoms with van der Waals surface area (Å²) in [4.78, 5) is 12.1. The molecule has 5 N–H and O–H groups in total. The largest absolute Gasteiger partial charge is 0.496 e. The maximum atomic E-state index is 10.5. The Morgan fingerprint density at radius 3 is 2.66 bits per heavy atom. The summed E-state index contributed by atoms with van der Waals surface area (Å²) in [5.74, 6) is 1.82. The van der Waals surface area contributed by atoms with E-state index in [2.05, 4.69) is 16.9 Å². The quantitative estimate of drug-likeness (QED) is 0.256. The number of fused-ring (bicyclic) bond motifs is 5. The summed E-state index contributed by atoms with van der Waals surface area (Å²) < 4.78 is 7.06. The van der Waals surface area contributed by atoms with Gasteiger partial charge in [0.25, 0.3) is 0 Å². The first-order valence-corrected chi connectivity index (χ1v) is 14.4. The van der Waals surface area contributed by atoms with Gasteiger partial charge in [-0.05, 0) is 55.9 Å². The normalized spacial score (nSPS) is 21.7. The molecule has 3 aliphatic rings. The number of hydrogen-bond donors (Lipinski definition) is 4. The Morgan fingerprint density at radius 1 is 1.12 bits per heavy atom. The fourth-order valence-corrected chi connectivity index (χ4v) is 6.89. The number of piperidine rings is 1. The van der Waals surface area contributed by atoms with Crippen LogP contribution in [0.2, 0.25) is 0 Å². The molecule has 41 heavy (non-hydrogen) atoms. The van der Waals surface area contributed by atoms with Crippen LogP contribution >= 0.6 is 0 Å². The number of nitrogens with zero attached hydrogens (tertiary/aromatic N) is 5. The Morgan fingerprint density at radius 2 is 1.95 bits per heavy atom. The highest BCUT2D eigenvalue weighted by Crippen LogP contribution is 2.45. The van der Waals surface area contributed by atoms with Gasteiger partial charge in [0.15, 0.2) is 5.65 Å². The summed E-state index contributed by atoms with van der Waals surface area (Å²) in [6.45, 7) is 2.48. The first kappa shape index (κ1) is 27.6. The van der Waals surface area contributed by atoms with Gasteiger partial charge in [-0.25, -0.2) is 4.98 Å². The van der Waals surface area contributed by atoms with Crippen LogP contribution in [0.4, 0.5) is 5.82 Å². The summed E-state index contributed by atoms with van der Waals surface area (Å²) in [6, 6.07) is 9.82. The van der Waals surface area contributed by atoms with Crippen LogP contribution in [0.15, 0.2) is 42.7 Å². The van der Waals surface area contributed by atoms with Gasteiger partial charge in [0, 0.05) is 52.5 Å². The number of nitrogen functional groups attached to an aromatic ring is 1. The average molecular weight is 559 g/mol. The lowest BCUT2D eigenvalue weighted by Crippen LogP contribution is -2.51. The number of rotatable bonds is 8. The third-order valence-electron chi connectivity index (χ3n) is 9.01. The van der Waals surface area contributed by atoms with E-state index in [-0.39, 0.29) is 25.2 Å². The molecule has 0 spiro atoms. The van der Waals surface area contributed by atoms with Gasteiger partial charge >= 0.3 is 0 Å². The number of pyridine rings is 1. The van der Waals surface area contributed by atoms with Gasteiger partial charge in [0.2, 0.25) is 0 Å². The van der Waals surface area contributed by atoms with Crippen molar-refractivity contribution in [2.75, 3.05) is 26.0 Å². The summed E-state index contributed by atoms with van der Waals surface area (Å²) in [7, 11) is 1.59. The molecule has 5 heterocycles. The highest BCUT2D eigenvalue weighted by molar-refractivity contribution is 5.79. The van der Waals surface area contributed by atoms with Crippen molar-refractivity contribution in [2.45, 2.75) is 63.8 Å². The lowest BCUT2D eigenvalue weighted by atomic mass is 9.78. The molecule has 4 atom stereocenters. The summed E-state index contributed by atoms with van der Waals surface area (Å²) in [5, 5.41) is 34.4. The van der Waals surface area contributed by atoms with Crippen molar-refractivity contribution >= 4 is 11.5 Å². The molecule has 0 amide bonds. The topological polar surface area (TPSA) is 142 Å². The van der Waals surface area contributed by atoms with E-state index in [0.717, 1.165) is 72.3 Å². The minimum atomic E-state index is -0.822. The van der Waals surface area contributed by atoms with Crippen LogP contribution < -0.4 is 10.5 Å². The minimum Gasteiger partial charge on any atom is -0.496 e. The van der Waals surface area contributed by atoms with Crippen LogP contribution in [0.5, 0.6) is 5.75 Å². The van der Waals surface area contributed by atoms with Gasteiger partial charge < -0.3 is 25.8 Å². The molecule has 1 aliphatic carbocycles. The molecule has 0 radical (unpaired) electrons. The van der Waals surface area contributed by atoms with E-state index < -0.39 is 6.23 Å². The molecule has 2 saturated heterocycles. The number of benzene rings is 1. The highest BCUT2D eigenvalue weighted by Gasteiger charge is 2.42. The van der Waals surface area contributed by atoms with Gasteiger partial charge in [-0.15, -0.1) is 0 Å². The minimum absolute atomic E-state index is 0.116. The van der Waals surface area contributed by atoms with Gasteiger partial charge in [-0.1, -0.05) is 19.4 Å². The van der Waals surface area contributed by atoms with E-state index >= 15 is 0 Å². The molecule has 216 valence electrons. The Hall–Kier alpha value is -3.57. The standard InChI is InChI=1S/C31H38N6O4/c1-3-23-29(24-12-22-6-4-5-20(24)15-36(22)28(40)17-39)35-31-25(14-34-37(31)30(23)32)19-7-9-26(33-13-19)18-8-10-27(41-2)21(11-18)16-38/h7-11,13-14,20,22,24,28,38-40H,3-6,12,15-17,32H2,1-2H3. The van der Waals surface area contributed by atoms with Gasteiger partial charge in [-0.2, -0.15) is 9.61 Å². The molecule has 3 aromatic heterocycles. The Bertz CT molecular complexity index is 1540. The van der Waals surface area contributed by atoms with E-state index in [0.29, 0.717) is 28.7 Å². The first-order valence-electron chi connectivity index (χ1n) is 14.4. The van der Waals surface area contributed by atoms with Crippen molar-refractivity contribution in [1.82, 2.24) is 24.5 Å². The van der Waals surface area contributed by atoms with Crippen molar-refractivity contribution in [3.63, 3.8) is 0 Å². The average Bonchev–Trinajstić information content (AvgIpc) is 3.19. The smallest absolute Gasteiger partial charge is 0.165 e. The summed E-state index contributed by atoms with van der Waals surface area (Å²) in [6.07, 6.45) is 7.61. The number of ether oxygens (including phenoxy) is 1. The fourth-order valence-electron chi connectivity index (χ4n) is 6.89. The second-order valence-electron chi connectivity index (χ2n) is 11.2. The number of aromatic nitrogens is 4. The van der Waals surface area contributed by atoms with Crippen LogP contribution in [-0.2, 0) is 13.0 Å². The molecule has 1 aromatic carbocycles. The molecule has 4 unspecified atom stereocenters. The predicted molar refractivity (Wildman–Crippen MR) is 156 cm³/mol. The second kappa shape index (κ2) is 11.4. The molecule has 1 saturated carbocycles. The van der Waals surface area contributed by atoms with Crippen molar-refractivity contribution in [3.8, 4) is 28.1 Å². The van der Waals surface area contributed by atoms with E-state index in [1.54, 1.807) is 17.8 Å². The predicted octanol–water partition coefficient (Wildman–Crippen LogP) is 3.37. The SMILES string of the molecule is CCc1c(C2CC3CCCC2CN3C(O)CO)nc2c(-c3ccc(-c4ccc(OC)c(CO)c4)nc3)cnn2c1N. The highest BCUT2D eigenvalue weighted by atomic mass is 16.5. The third kappa shape index (κ3) is 4.84. The number of aliphatic hydroxyl groups excluding tert-OH is 3. The molecular formula is C31H38N6O4. The number of anilines is 1. The second-order valence-corrected chi connectivity index (χ2v) is 11.2. The van der Waals surface area contributed by atoms with E-state index in [9.17, 15) is 15.3 Å². The first-order chi connectivity index (χ1) is 20.0. The Labute approximate surface area is 239 Å². The van der Waals surface area contributed by atoms with Crippen molar-refractivity contribution in [1.29, 1.82) is 0 Å². The lowest BCUT2D eigenvalue weighted by Gasteiger charge is -2.43. The maximum Gasteiger partial charge on any atom is 0.165 e. The third-order valence-corrected chi connectivity index (χ3v) is 9.01. The van der Waals surface area contributed by atoms with Gasteiger partial charge in [-0.3, -0.25) is 9.88 Å². The van der Waals surface area contributed by atoms with Crippen molar-refractivity contribution in [3.05, 3.63) is 59.5 Å².